The molecule has 1 amide bonds. The number of carboxylic acid groups (broad SMARTS) is 1. The average molecular weight is 315 g/mol. The van der Waals surface area contributed by atoms with Crippen molar-refractivity contribution in [3.8, 4) is 0 Å². The number of anilines is 1. The summed E-state index contributed by atoms with van der Waals surface area (Å²) in [6.45, 7) is 7.99. The van der Waals surface area contributed by atoms with E-state index in [1.165, 1.54) is 0 Å². The number of aryl methyl sites for hydroxylation is 2. The molecule has 6 nitrogen and oxygen atoms in total. The standard InChI is InChI=1S/C17H21N3O3/c1-5-20-12(4)15(11(3)19-20)16(21)18-14-8-6-13(7-9-14)10(2)17(22)23/h6-10H,5H2,1-4H3,(H,18,21)(H,22,23). The Bertz CT molecular complexity index is 732. The van der Waals surface area contributed by atoms with Gasteiger partial charge >= 0.3 is 5.97 Å². The van der Waals surface area contributed by atoms with E-state index in [0.717, 1.165) is 5.69 Å². The van der Waals surface area contributed by atoms with E-state index in [1.54, 1.807) is 35.9 Å². The van der Waals surface area contributed by atoms with Gasteiger partial charge in [0.05, 0.1) is 17.2 Å². The van der Waals surface area contributed by atoms with Crippen LogP contribution in [0, 0.1) is 13.8 Å². The van der Waals surface area contributed by atoms with Gasteiger partial charge in [0.15, 0.2) is 0 Å². The fraction of sp³-hybridized carbons (Fsp3) is 0.353. The van der Waals surface area contributed by atoms with Crippen LogP contribution in [0.5, 0.6) is 0 Å². The fourth-order valence-corrected chi connectivity index (χ4v) is 2.52. The van der Waals surface area contributed by atoms with Gasteiger partial charge in [-0.05, 0) is 45.4 Å². The highest BCUT2D eigenvalue weighted by Crippen LogP contribution is 2.20. The molecule has 0 aliphatic carbocycles. The van der Waals surface area contributed by atoms with Gasteiger partial charge < -0.3 is 10.4 Å². The molecule has 1 aromatic carbocycles. The first-order chi connectivity index (χ1) is 10.8. The molecule has 6 heteroatoms. The van der Waals surface area contributed by atoms with Crippen molar-refractivity contribution in [3.63, 3.8) is 0 Å². The molecule has 0 bridgehead atoms. The summed E-state index contributed by atoms with van der Waals surface area (Å²) in [7, 11) is 0. The molecular formula is C17H21N3O3. The minimum atomic E-state index is -0.875. The average Bonchev–Trinajstić information content (AvgIpc) is 2.81. The number of carboxylic acids is 1. The largest absolute Gasteiger partial charge is 0.481 e. The maximum Gasteiger partial charge on any atom is 0.310 e. The van der Waals surface area contributed by atoms with Crippen LogP contribution in [0.15, 0.2) is 24.3 Å². The zero-order chi connectivity index (χ0) is 17.1. The van der Waals surface area contributed by atoms with Crippen LogP contribution >= 0.6 is 0 Å². The first-order valence-electron chi connectivity index (χ1n) is 7.53. The zero-order valence-corrected chi connectivity index (χ0v) is 13.8. The third kappa shape index (κ3) is 3.41. The van der Waals surface area contributed by atoms with Gasteiger partial charge in [-0.3, -0.25) is 14.3 Å². The molecule has 0 radical (unpaired) electrons. The third-order valence-corrected chi connectivity index (χ3v) is 3.95. The van der Waals surface area contributed by atoms with E-state index >= 15 is 0 Å². The highest BCUT2D eigenvalue weighted by atomic mass is 16.4. The first-order valence-corrected chi connectivity index (χ1v) is 7.53. The molecule has 1 aromatic heterocycles. The summed E-state index contributed by atoms with van der Waals surface area (Å²) in [5, 5.41) is 16.2. The Morgan fingerprint density at radius 2 is 1.87 bits per heavy atom. The second kappa shape index (κ2) is 6.64. The highest BCUT2D eigenvalue weighted by molar-refractivity contribution is 6.05. The van der Waals surface area contributed by atoms with Crippen LogP contribution in [0.25, 0.3) is 0 Å². The summed E-state index contributed by atoms with van der Waals surface area (Å²) in [5.74, 6) is -1.66. The topological polar surface area (TPSA) is 84.2 Å². The number of aliphatic carboxylic acids is 1. The lowest BCUT2D eigenvalue weighted by atomic mass is 10.0. The van der Waals surface area contributed by atoms with E-state index in [0.29, 0.717) is 29.1 Å². The molecule has 0 saturated carbocycles. The van der Waals surface area contributed by atoms with Crippen molar-refractivity contribution in [2.24, 2.45) is 0 Å². The number of hydrogen-bond donors (Lipinski definition) is 2. The molecule has 122 valence electrons. The van der Waals surface area contributed by atoms with Crippen molar-refractivity contribution in [3.05, 3.63) is 46.8 Å². The number of hydrogen-bond acceptors (Lipinski definition) is 3. The quantitative estimate of drug-likeness (QED) is 0.888. The first kappa shape index (κ1) is 16.7. The zero-order valence-electron chi connectivity index (χ0n) is 13.8. The van der Waals surface area contributed by atoms with Crippen LogP contribution in [0.4, 0.5) is 5.69 Å². The van der Waals surface area contributed by atoms with E-state index in [2.05, 4.69) is 10.4 Å². The number of carbonyl (C=O) groups excluding carboxylic acids is 1. The molecule has 0 aliphatic heterocycles. The van der Waals surface area contributed by atoms with Crippen LogP contribution in [-0.4, -0.2) is 26.8 Å². The number of benzene rings is 1. The molecule has 0 spiro atoms. The Morgan fingerprint density at radius 3 is 2.35 bits per heavy atom. The van der Waals surface area contributed by atoms with Crippen molar-refractivity contribution in [1.29, 1.82) is 0 Å². The normalized spacial score (nSPS) is 12.0. The Balaban J connectivity index is 2.18. The molecule has 0 fully saturated rings. The highest BCUT2D eigenvalue weighted by Gasteiger charge is 2.18. The van der Waals surface area contributed by atoms with Gasteiger partial charge in [-0.1, -0.05) is 12.1 Å². The van der Waals surface area contributed by atoms with Crippen molar-refractivity contribution in [1.82, 2.24) is 9.78 Å². The van der Waals surface area contributed by atoms with Crippen LogP contribution in [-0.2, 0) is 11.3 Å². The summed E-state index contributed by atoms with van der Waals surface area (Å²) in [4.78, 5) is 23.4. The monoisotopic (exact) mass is 315 g/mol. The van der Waals surface area contributed by atoms with E-state index < -0.39 is 11.9 Å². The minimum Gasteiger partial charge on any atom is -0.481 e. The minimum absolute atomic E-state index is 0.210. The maximum absolute atomic E-state index is 12.5. The van der Waals surface area contributed by atoms with Gasteiger partial charge in [0.2, 0.25) is 0 Å². The lowest BCUT2D eigenvalue weighted by molar-refractivity contribution is -0.138. The molecule has 2 N–H and O–H groups in total. The summed E-state index contributed by atoms with van der Waals surface area (Å²) in [6.07, 6.45) is 0. The molecule has 2 aromatic rings. The second-order valence-electron chi connectivity index (χ2n) is 5.50. The van der Waals surface area contributed by atoms with Crippen molar-refractivity contribution in [2.45, 2.75) is 40.2 Å². The molecule has 1 heterocycles. The molecular weight excluding hydrogens is 294 g/mol. The van der Waals surface area contributed by atoms with Gasteiger partial charge in [-0.15, -0.1) is 0 Å². The number of aromatic nitrogens is 2. The van der Waals surface area contributed by atoms with Crippen LogP contribution in [0.3, 0.4) is 0 Å². The van der Waals surface area contributed by atoms with Gasteiger partial charge in [-0.2, -0.15) is 5.10 Å². The fourth-order valence-electron chi connectivity index (χ4n) is 2.52. The number of carbonyl (C=O) groups is 2. The van der Waals surface area contributed by atoms with Crippen molar-refractivity contribution < 1.29 is 14.7 Å². The van der Waals surface area contributed by atoms with E-state index in [4.69, 9.17) is 5.11 Å². The summed E-state index contributed by atoms with van der Waals surface area (Å²) in [6, 6.07) is 6.84. The Hall–Kier alpha value is -2.63. The van der Waals surface area contributed by atoms with E-state index in [9.17, 15) is 9.59 Å². The summed E-state index contributed by atoms with van der Waals surface area (Å²) in [5.41, 5.74) is 3.42. The van der Waals surface area contributed by atoms with E-state index in [-0.39, 0.29) is 5.91 Å². The van der Waals surface area contributed by atoms with Gasteiger partial charge in [0.1, 0.15) is 0 Å². The molecule has 1 atom stereocenters. The lowest BCUT2D eigenvalue weighted by Gasteiger charge is -2.09. The van der Waals surface area contributed by atoms with E-state index in [1.807, 2.05) is 20.8 Å². The third-order valence-electron chi connectivity index (χ3n) is 3.95. The predicted octanol–water partition coefficient (Wildman–Crippen LogP) is 2.96. The Kier molecular flexibility index (Phi) is 4.83. The second-order valence-corrected chi connectivity index (χ2v) is 5.50. The van der Waals surface area contributed by atoms with Crippen LogP contribution in [0.2, 0.25) is 0 Å². The summed E-state index contributed by atoms with van der Waals surface area (Å²) >= 11 is 0. The summed E-state index contributed by atoms with van der Waals surface area (Å²) < 4.78 is 1.79. The van der Waals surface area contributed by atoms with Crippen LogP contribution in [0.1, 0.15) is 47.1 Å². The number of amides is 1. The number of nitrogens with zero attached hydrogens (tertiary/aromatic N) is 2. The van der Waals surface area contributed by atoms with Gasteiger partial charge in [-0.25, -0.2) is 0 Å². The molecule has 0 saturated heterocycles. The molecule has 1 unspecified atom stereocenters. The number of rotatable bonds is 5. The predicted molar refractivity (Wildman–Crippen MR) is 87.8 cm³/mol. The molecule has 2 rings (SSSR count). The Morgan fingerprint density at radius 1 is 1.26 bits per heavy atom. The number of nitrogens with one attached hydrogen (secondary N) is 1. The maximum atomic E-state index is 12.5. The van der Waals surface area contributed by atoms with Gasteiger partial charge in [0.25, 0.3) is 5.91 Å². The molecule has 0 aliphatic rings. The van der Waals surface area contributed by atoms with Crippen molar-refractivity contribution in [2.75, 3.05) is 5.32 Å². The van der Waals surface area contributed by atoms with Crippen LogP contribution < -0.4 is 5.32 Å². The lowest BCUT2D eigenvalue weighted by Crippen LogP contribution is -2.14. The smallest absolute Gasteiger partial charge is 0.310 e. The molecule has 23 heavy (non-hydrogen) atoms. The SMILES string of the molecule is CCn1nc(C)c(C(=O)Nc2ccc(C(C)C(=O)O)cc2)c1C. The Labute approximate surface area is 135 Å². The van der Waals surface area contributed by atoms with Gasteiger partial charge in [0, 0.05) is 17.9 Å². The van der Waals surface area contributed by atoms with Crippen molar-refractivity contribution >= 4 is 17.6 Å².